The fraction of sp³-hybridized carbons (Fsp3) is 0.154. The second-order valence-electron chi connectivity index (χ2n) is 3.76. The molecule has 0 atom stereocenters. The molecule has 1 aromatic heterocycles. The minimum Gasteiger partial charge on any atom is -0.457 e. The number of pyridine rings is 1. The number of ether oxygens (including phenoxy) is 1. The van der Waals surface area contributed by atoms with Gasteiger partial charge in [-0.25, -0.2) is 0 Å². The minimum absolute atomic E-state index is 0.700. The van der Waals surface area contributed by atoms with Gasteiger partial charge in [0.25, 0.3) is 0 Å². The Kier molecular flexibility index (Phi) is 2.77. The lowest BCUT2D eigenvalue weighted by molar-refractivity contribution is 0.478. The van der Waals surface area contributed by atoms with Crippen molar-refractivity contribution in [1.29, 1.82) is 0 Å². The number of aryl methyl sites for hydroxylation is 2. The number of nitrogens with zero attached hydrogens (tertiary/aromatic N) is 1. The zero-order valence-electron chi connectivity index (χ0n) is 9.40. The van der Waals surface area contributed by atoms with Crippen LogP contribution in [0.2, 0.25) is 0 Å². The standard InChI is InChI=1S/C13H14N2O/c1-9-3-4-11(14)8-13(9)16-12-5-6-15-10(2)7-12/h3-8H,14H2,1-2H3. The van der Waals surface area contributed by atoms with Crippen LogP contribution in [-0.4, -0.2) is 4.98 Å². The zero-order valence-corrected chi connectivity index (χ0v) is 9.40. The van der Waals surface area contributed by atoms with Crippen LogP contribution >= 0.6 is 0 Å². The molecule has 0 aliphatic carbocycles. The maximum Gasteiger partial charge on any atom is 0.132 e. The number of hydrogen-bond donors (Lipinski definition) is 1. The van der Waals surface area contributed by atoms with E-state index < -0.39 is 0 Å². The van der Waals surface area contributed by atoms with Crippen LogP contribution in [-0.2, 0) is 0 Å². The lowest BCUT2D eigenvalue weighted by Gasteiger charge is -2.09. The van der Waals surface area contributed by atoms with Crippen molar-refractivity contribution < 1.29 is 4.74 Å². The number of rotatable bonds is 2. The van der Waals surface area contributed by atoms with Gasteiger partial charge in [-0.2, -0.15) is 0 Å². The third-order valence-electron chi connectivity index (χ3n) is 2.31. The number of hydrogen-bond acceptors (Lipinski definition) is 3. The van der Waals surface area contributed by atoms with E-state index in [-0.39, 0.29) is 0 Å². The molecule has 82 valence electrons. The molecular formula is C13H14N2O. The fourth-order valence-corrected chi connectivity index (χ4v) is 1.44. The average molecular weight is 214 g/mol. The number of aromatic nitrogens is 1. The molecule has 2 aromatic rings. The molecule has 2 rings (SSSR count). The number of nitrogen functional groups attached to an aromatic ring is 1. The van der Waals surface area contributed by atoms with E-state index in [1.54, 1.807) is 6.20 Å². The second-order valence-corrected chi connectivity index (χ2v) is 3.76. The second kappa shape index (κ2) is 4.23. The SMILES string of the molecule is Cc1cc(Oc2cc(N)ccc2C)ccn1. The van der Waals surface area contributed by atoms with E-state index in [2.05, 4.69) is 4.98 Å². The highest BCUT2D eigenvalue weighted by Crippen LogP contribution is 2.26. The summed E-state index contributed by atoms with van der Waals surface area (Å²) < 4.78 is 5.75. The molecule has 16 heavy (non-hydrogen) atoms. The molecule has 0 saturated carbocycles. The van der Waals surface area contributed by atoms with Gasteiger partial charge in [0.2, 0.25) is 0 Å². The van der Waals surface area contributed by atoms with Crippen molar-refractivity contribution >= 4 is 5.69 Å². The molecule has 3 nitrogen and oxygen atoms in total. The molecule has 0 unspecified atom stereocenters. The largest absolute Gasteiger partial charge is 0.457 e. The summed E-state index contributed by atoms with van der Waals surface area (Å²) in [6.45, 7) is 3.92. The van der Waals surface area contributed by atoms with Crippen LogP contribution in [0.3, 0.4) is 0 Å². The Morgan fingerprint density at radius 3 is 2.69 bits per heavy atom. The van der Waals surface area contributed by atoms with Gasteiger partial charge in [-0.3, -0.25) is 4.98 Å². The minimum atomic E-state index is 0.700. The third kappa shape index (κ3) is 2.31. The smallest absolute Gasteiger partial charge is 0.132 e. The first-order valence-corrected chi connectivity index (χ1v) is 5.12. The Morgan fingerprint density at radius 2 is 1.94 bits per heavy atom. The molecule has 0 saturated heterocycles. The summed E-state index contributed by atoms with van der Waals surface area (Å²) in [5, 5.41) is 0. The summed E-state index contributed by atoms with van der Waals surface area (Å²) in [6.07, 6.45) is 1.73. The van der Waals surface area contributed by atoms with E-state index in [9.17, 15) is 0 Å². The Hall–Kier alpha value is -2.03. The molecule has 2 N–H and O–H groups in total. The lowest BCUT2D eigenvalue weighted by Crippen LogP contribution is -1.91. The predicted molar refractivity (Wildman–Crippen MR) is 64.6 cm³/mol. The monoisotopic (exact) mass is 214 g/mol. The van der Waals surface area contributed by atoms with Crippen molar-refractivity contribution in [3.63, 3.8) is 0 Å². The van der Waals surface area contributed by atoms with Gasteiger partial charge < -0.3 is 10.5 Å². The summed E-state index contributed by atoms with van der Waals surface area (Å²) in [5.74, 6) is 1.56. The van der Waals surface area contributed by atoms with Gasteiger partial charge in [0.1, 0.15) is 11.5 Å². The van der Waals surface area contributed by atoms with Gasteiger partial charge in [0.15, 0.2) is 0 Å². The zero-order chi connectivity index (χ0) is 11.5. The molecule has 0 spiro atoms. The van der Waals surface area contributed by atoms with Gasteiger partial charge in [-0.05, 0) is 31.5 Å². The van der Waals surface area contributed by atoms with Crippen LogP contribution in [0.4, 0.5) is 5.69 Å². The summed E-state index contributed by atoms with van der Waals surface area (Å²) >= 11 is 0. The first-order valence-electron chi connectivity index (χ1n) is 5.12. The highest BCUT2D eigenvalue weighted by Gasteiger charge is 2.02. The maximum absolute atomic E-state index is 5.75. The first-order chi connectivity index (χ1) is 7.65. The summed E-state index contributed by atoms with van der Waals surface area (Å²) in [7, 11) is 0. The van der Waals surface area contributed by atoms with Crippen molar-refractivity contribution in [2.75, 3.05) is 5.73 Å². The van der Waals surface area contributed by atoms with Crippen molar-refractivity contribution in [3.8, 4) is 11.5 Å². The number of anilines is 1. The summed E-state index contributed by atoms with van der Waals surface area (Å²) in [4.78, 5) is 4.12. The van der Waals surface area contributed by atoms with E-state index in [4.69, 9.17) is 10.5 Å². The maximum atomic E-state index is 5.75. The van der Waals surface area contributed by atoms with E-state index in [0.29, 0.717) is 5.69 Å². The van der Waals surface area contributed by atoms with Crippen molar-refractivity contribution in [3.05, 3.63) is 47.8 Å². The normalized spacial score (nSPS) is 10.1. The van der Waals surface area contributed by atoms with Gasteiger partial charge in [0.05, 0.1) is 0 Å². The quantitative estimate of drug-likeness (QED) is 0.781. The molecule has 3 heteroatoms. The molecule has 0 aliphatic heterocycles. The molecule has 1 aromatic carbocycles. The van der Waals surface area contributed by atoms with E-state index in [0.717, 1.165) is 22.8 Å². The Labute approximate surface area is 94.9 Å². The fourth-order valence-electron chi connectivity index (χ4n) is 1.44. The summed E-state index contributed by atoms with van der Waals surface area (Å²) in [5.41, 5.74) is 8.41. The first kappa shape index (κ1) is 10.5. The van der Waals surface area contributed by atoms with Crippen molar-refractivity contribution in [1.82, 2.24) is 4.98 Å². The van der Waals surface area contributed by atoms with Crippen LogP contribution in [0.5, 0.6) is 11.5 Å². The Morgan fingerprint density at radius 1 is 1.12 bits per heavy atom. The van der Waals surface area contributed by atoms with Crippen LogP contribution in [0.25, 0.3) is 0 Å². The predicted octanol–water partition coefficient (Wildman–Crippen LogP) is 3.07. The molecule has 0 aliphatic rings. The van der Waals surface area contributed by atoms with E-state index >= 15 is 0 Å². The molecule has 0 amide bonds. The van der Waals surface area contributed by atoms with Gasteiger partial charge >= 0.3 is 0 Å². The third-order valence-corrected chi connectivity index (χ3v) is 2.31. The topological polar surface area (TPSA) is 48.1 Å². The molecule has 1 heterocycles. The number of benzene rings is 1. The molecule has 0 bridgehead atoms. The van der Waals surface area contributed by atoms with Crippen molar-refractivity contribution in [2.45, 2.75) is 13.8 Å². The Bertz CT molecular complexity index is 509. The van der Waals surface area contributed by atoms with Crippen LogP contribution in [0, 0.1) is 13.8 Å². The van der Waals surface area contributed by atoms with Crippen molar-refractivity contribution in [2.24, 2.45) is 0 Å². The molecule has 0 radical (unpaired) electrons. The van der Waals surface area contributed by atoms with Crippen LogP contribution in [0.15, 0.2) is 36.5 Å². The van der Waals surface area contributed by atoms with Gasteiger partial charge in [-0.15, -0.1) is 0 Å². The highest BCUT2D eigenvalue weighted by molar-refractivity contribution is 5.49. The van der Waals surface area contributed by atoms with Gasteiger partial charge in [-0.1, -0.05) is 6.07 Å². The average Bonchev–Trinajstić information content (AvgIpc) is 2.24. The molecule has 0 fully saturated rings. The van der Waals surface area contributed by atoms with E-state index in [1.165, 1.54) is 0 Å². The van der Waals surface area contributed by atoms with Gasteiger partial charge in [0, 0.05) is 29.7 Å². The van der Waals surface area contributed by atoms with Crippen LogP contribution in [0.1, 0.15) is 11.3 Å². The van der Waals surface area contributed by atoms with Crippen LogP contribution < -0.4 is 10.5 Å². The molecular weight excluding hydrogens is 200 g/mol. The Balaban J connectivity index is 2.30. The number of nitrogens with two attached hydrogens (primary N) is 1. The van der Waals surface area contributed by atoms with E-state index in [1.807, 2.05) is 44.2 Å². The summed E-state index contributed by atoms with van der Waals surface area (Å²) in [6, 6.07) is 9.35. The lowest BCUT2D eigenvalue weighted by atomic mass is 10.2. The highest BCUT2D eigenvalue weighted by atomic mass is 16.5.